The van der Waals surface area contributed by atoms with Gasteiger partial charge in [-0.2, -0.15) is 0 Å². The van der Waals surface area contributed by atoms with Crippen molar-refractivity contribution in [2.75, 3.05) is 20.6 Å². The van der Waals surface area contributed by atoms with E-state index in [1.54, 1.807) is 12.1 Å². The van der Waals surface area contributed by atoms with E-state index in [4.69, 9.17) is 0 Å². The van der Waals surface area contributed by atoms with Crippen LogP contribution in [0.15, 0.2) is 24.3 Å². The summed E-state index contributed by atoms with van der Waals surface area (Å²) in [7, 11) is 4.06. The van der Waals surface area contributed by atoms with Gasteiger partial charge in [-0.3, -0.25) is 0 Å². The Kier molecular flexibility index (Phi) is 4.16. The highest BCUT2D eigenvalue weighted by molar-refractivity contribution is 5.38. The molecule has 0 aliphatic heterocycles. The molecule has 1 aliphatic carbocycles. The number of hydrogen-bond donors (Lipinski definition) is 2. The first kappa shape index (κ1) is 14.4. The molecule has 3 atom stereocenters. The van der Waals surface area contributed by atoms with E-state index in [-0.39, 0.29) is 17.6 Å². The Morgan fingerprint density at radius 3 is 2.58 bits per heavy atom. The zero-order chi connectivity index (χ0) is 14.0. The third-order valence-corrected chi connectivity index (χ3v) is 4.48. The van der Waals surface area contributed by atoms with Crippen molar-refractivity contribution in [3.63, 3.8) is 0 Å². The van der Waals surface area contributed by atoms with Crippen molar-refractivity contribution in [3.8, 4) is 5.75 Å². The van der Waals surface area contributed by atoms with Crippen LogP contribution in [0.4, 0.5) is 0 Å². The molecule has 106 valence electrons. The van der Waals surface area contributed by atoms with Crippen molar-refractivity contribution >= 4 is 0 Å². The first-order chi connectivity index (χ1) is 8.96. The monoisotopic (exact) mass is 263 g/mol. The van der Waals surface area contributed by atoms with Gasteiger partial charge in [0.05, 0.1) is 5.60 Å². The Balaban J connectivity index is 2.42. The highest BCUT2D eigenvalue weighted by atomic mass is 16.3. The first-order valence-corrected chi connectivity index (χ1v) is 7.11. The van der Waals surface area contributed by atoms with Crippen LogP contribution in [-0.4, -0.2) is 35.8 Å². The summed E-state index contributed by atoms with van der Waals surface area (Å²) in [4.78, 5) is 2.12. The fourth-order valence-electron chi connectivity index (χ4n) is 3.48. The van der Waals surface area contributed by atoms with E-state index in [0.29, 0.717) is 5.56 Å². The van der Waals surface area contributed by atoms with Gasteiger partial charge < -0.3 is 15.1 Å². The lowest BCUT2D eigenvalue weighted by atomic mass is 9.65. The molecule has 19 heavy (non-hydrogen) atoms. The summed E-state index contributed by atoms with van der Waals surface area (Å²) in [6.07, 6.45) is 3.16. The van der Waals surface area contributed by atoms with Crippen LogP contribution in [-0.2, 0) is 5.60 Å². The van der Waals surface area contributed by atoms with E-state index in [1.807, 2.05) is 26.2 Å². The van der Waals surface area contributed by atoms with Crippen molar-refractivity contribution in [2.24, 2.45) is 11.8 Å². The number of phenols is 1. The fourth-order valence-corrected chi connectivity index (χ4v) is 3.48. The van der Waals surface area contributed by atoms with Gasteiger partial charge in [-0.25, -0.2) is 0 Å². The van der Waals surface area contributed by atoms with Crippen LogP contribution in [0.1, 0.15) is 31.7 Å². The van der Waals surface area contributed by atoms with E-state index >= 15 is 0 Å². The lowest BCUT2D eigenvalue weighted by molar-refractivity contribution is -0.103. The van der Waals surface area contributed by atoms with E-state index in [9.17, 15) is 10.2 Å². The van der Waals surface area contributed by atoms with Gasteiger partial charge in [-0.15, -0.1) is 0 Å². The molecule has 2 N–H and O–H groups in total. The van der Waals surface area contributed by atoms with Crippen LogP contribution in [0.3, 0.4) is 0 Å². The Morgan fingerprint density at radius 1 is 1.26 bits per heavy atom. The molecular weight excluding hydrogens is 238 g/mol. The largest absolute Gasteiger partial charge is 0.508 e. The van der Waals surface area contributed by atoms with Crippen molar-refractivity contribution < 1.29 is 10.2 Å². The average molecular weight is 263 g/mol. The predicted molar refractivity (Wildman–Crippen MR) is 77.1 cm³/mol. The van der Waals surface area contributed by atoms with Gasteiger partial charge in [0.2, 0.25) is 0 Å². The molecule has 0 heterocycles. The number of para-hydroxylation sites is 1. The molecule has 1 fully saturated rings. The molecule has 1 aromatic carbocycles. The van der Waals surface area contributed by atoms with Gasteiger partial charge in [0.1, 0.15) is 5.75 Å². The number of hydrogen-bond acceptors (Lipinski definition) is 3. The minimum absolute atomic E-state index is 0.166. The molecule has 0 saturated heterocycles. The maximum absolute atomic E-state index is 11.3. The van der Waals surface area contributed by atoms with Crippen LogP contribution >= 0.6 is 0 Å². The zero-order valence-electron chi connectivity index (χ0n) is 12.1. The van der Waals surface area contributed by atoms with Gasteiger partial charge in [0, 0.05) is 18.0 Å². The predicted octanol–water partition coefficient (Wildman–Crippen LogP) is 2.58. The van der Waals surface area contributed by atoms with Crippen molar-refractivity contribution in [3.05, 3.63) is 29.8 Å². The average Bonchev–Trinajstić information content (AvgIpc) is 2.35. The molecule has 0 spiro atoms. The SMILES string of the molecule is CC1CCCC(CN(C)C)C1(O)c1ccccc1O. The smallest absolute Gasteiger partial charge is 0.121 e. The molecule has 3 heteroatoms. The fraction of sp³-hybridized carbons (Fsp3) is 0.625. The molecular formula is C16H25NO2. The highest BCUT2D eigenvalue weighted by Crippen LogP contribution is 2.48. The van der Waals surface area contributed by atoms with E-state index in [0.717, 1.165) is 25.8 Å². The van der Waals surface area contributed by atoms with Gasteiger partial charge in [0.15, 0.2) is 0 Å². The second kappa shape index (κ2) is 5.51. The quantitative estimate of drug-likeness (QED) is 0.881. The Labute approximate surface area is 115 Å². The second-order valence-corrected chi connectivity index (χ2v) is 6.13. The molecule has 1 aromatic rings. The number of aliphatic hydroxyl groups is 1. The van der Waals surface area contributed by atoms with Crippen molar-refractivity contribution in [2.45, 2.75) is 31.8 Å². The number of nitrogens with zero attached hydrogens (tertiary/aromatic N) is 1. The van der Waals surface area contributed by atoms with Gasteiger partial charge in [-0.1, -0.05) is 31.5 Å². The Hall–Kier alpha value is -1.06. The topological polar surface area (TPSA) is 43.7 Å². The minimum atomic E-state index is -0.923. The summed E-state index contributed by atoms with van der Waals surface area (Å²) in [6.45, 7) is 2.93. The summed E-state index contributed by atoms with van der Waals surface area (Å²) < 4.78 is 0. The molecule has 0 amide bonds. The summed E-state index contributed by atoms with van der Waals surface area (Å²) in [6, 6.07) is 7.22. The molecule has 3 unspecified atom stereocenters. The molecule has 2 rings (SSSR count). The summed E-state index contributed by atoms with van der Waals surface area (Å²) in [5, 5.41) is 21.4. The van der Waals surface area contributed by atoms with Crippen LogP contribution in [0.5, 0.6) is 5.75 Å². The summed E-state index contributed by atoms with van der Waals surface area (Å²) in [5.41, 5.74) is -0.234. The van der Waals surface area contributed by atoms with Gasteiger partial charge in [-0.05, 0) is 38.9 Å². The summed E-state index contributed by atoms with van der Waals surface area (Å²) in [5.74, 6) is 0.543. The second-order valence-electron chi connectivity index (χ2n) is 6.13. The van der Waals surface area contributed by atoms with E-state index in [2.05, 4.69) is 11.8 Å². The lowest BCUT2D eigenvalue weighted by Gasteiger charge is -2.46. The third-order valence-electron chi connectivity index (χ3n) is 4.48. The molecule has 0 radical (unpaired) electrons. The van der Waals surface area contributed by atoms with Crippen molar-refractivity contribution in [1.29, 1.82) is 0 Å². The third kappa shape index (κ3) is 2.63. The maximum Gasteiger partial charge on any atom is 0.121 e. The molecule has 3 nitrogen and oxygen atoms in total. The van der Waals surface area contributed by atoms with Gasteiger partial charge in [0.25, 0.3) is 0 Å². The lowest BCUT2D eigenvalue weighted by Crippen LogP contribution is -2.48. The number of aromatic hydroxyl groups is 1. The molecule has 0 aromatic heterocycles. The number of benzene rings is 1. The van der Waals surface area contributed by atoms with Gasteiger partial charge >= 0.3 is 0 Å². The molecule has 1 aliphatic rings. The number of phenolic OH excluding ortho intramolecular Hbond substituents is 1. The van der Waals surface area contributed by atoms with Crippen LogP contribution in [0.25, 0.3) is 0 Å². The van der Waals surface area contributed by atoms with Crippen LogP contribution < -0.4 is 0 Å². The Morgan fingerprint density at radius 2 is 1.95 bits per heavy atom. The van der Waals surface area contributed by atoms with Crippen LogP contribution in [0.2, 0.25) is 0 Å². The Bertz CT molecular complexity index is 433. The standard InChI is InChI=1S/C16H25NO2/c1-12-7-6-8-13(11-17(2)3)16(12,19)14-9-4-5-10-15(14)18/h4-5,9-10,12-13,18-19H,6-8,11H2,1-3H3. The minimum Gasteiger partial charge on any atom is -0.508 e. The van der Waals surface area contributed by atoms with E-state index < -0.39 is 5.60 Å². The normalized spacial score (nSPS) is 31.6. The first-order valence-electron chi connectivity index (χ1n) is 7.11. The highest BCUT2D eigenvalue weighted by Gasteiger charge is 2.46. The number of rotatable bonds is 3. The summed E-state index contributed by atoms with van der Waals surface area (Å²) >= 11 is 0. The maximum atomic E-state index is 11.3. The zero-order valence-corrected chi connectivity index (χ0v) is 12.1. The van der Waals surface area contributed by atoms with Crippen molar-refractivity contribution in [1.82, 2.24) is 4.90 Å². The molecule has 1 saturated carbocycles. The van der Waals surface area contributed by atoms with Crippen LogP contribution in [0, 0.1) is 11.8 Å². The van der Waals surface area contributed by atoms with E-state index in [1.165, 1.54) is 0 Å². The molecule has 0 bridgehead atoms.